The lowest BCUT2D eigenvalue weighted by Crippen LogP contribution is -2.48. The molecule has 0 bridgehead atoms. The number of carbonyl (C=O) groups is 1. The maximum atomic E-state index is 11.1. The molecule has 2 atom stereocenters. The van der Waals surface area contributed by atoms with Crippen molar-refractivity contribution in [1.29, 1.82) is 0 Å². The average Bonchev–Trinajstić information content (AvgIpc) is 2.54. The zero-order valence-electron chi connectivity index (χ0n) is 16.0. The summed E-state index contributed by atoms with van der Waals surface area (Å²) >= 11 is 0. The Morgan fingerprint density at radius 3 is 2.40 bits per heavy atom. The zero-order chi connectivity index (χ0) is 18.2. The van der Waals surface area contributed by atoms with Crippen molar-refractivity contribution in [3.63, 3.8) is 0 Å². The summed E-state index contributed by atoms with van der Waals surface area (Å²) in [6, 6.07) is 8.00. The van der Waals surface area contributed by atoms with E-state index in [-0.39, 0.29) is 5.91 Å². The molecule has 1 aromatic carbocycles. The molecule has 1 aromatic rings. The maximum absolute atomic E-state index is 11.1. The lowest BCUT2D eigenvalue weighted by Gasteiger charge is -2.37. The van der Waals surface area contributed by atoms with E-state index in [1.807, 2.05) is 12.1 Å². The van der Waals surface area contributed by atoms with E-state index < -0.39 is 0 Å². The summed E-state index contributed by atoms with van der Waals surface area (Å²) in [7, 11) is 0. The number of aliphatic imine (C=N–C) groups is 1. The van der Waals surface area contributed by atoms with Crippen LogP contribution in [0.3, 0.4) is 0 Å². The van der Waals surface area contributed by atoms with Crippen LogP contribution in [0.25, 0.3) is 0 Å². The first-order chi connectivity index (χ1) is 12.0. The van der Waals surface area contributed by atoms with Gasteiger partial charge in [-0.3, -0.25) is 9.79 Å². The van der Waals surface area contributed by atoms with Gasteiger partial charge >= 0.3 is 0 Å². The molecule has 0 aliphatic carbocycles. The van der Waals surface area contributed by atoms with Gasteiger partial charge in [0.05, 0.1) is 0 Å². The number of anilines is 1. The molecule has 2 N–H and O–H groups in total. The minimum absolute atomic E-state index is 0.0439. The average molecular weight is 345 g/mol. The molecule has 5 heteroatoms. The molecule has 0 radical (unpaired) electrons. The Morgan fingerprint density at radius 1 is 1.20 bits per heavy atom. The van der Waals surface area contributed by atoms with E-state index in [2.05, 4.69) is 48.4 Å². The predicted octanol–water partition coefficient (Wildman–Crippen LogP) is 3.13. The maximum Gasteiger partial charge on any atom is 0.221 e. The van der Waals surface area contributed by atoms with Gasteiger partial charge in [-0.15, -0.1) is 0 Å². The smallest absolute Gasteiger partial charge is 0.221 e. The number of hydrogen-bond acceptors (Lipinski definition) is 2. The summed E-state index contributed by atoms with van der Waals surface area (Å²) in [6.45, 7) is 12.1. The number of nitrogens with zero attached hydrogens (tertiary/aromatic N) is 2. The second-order valence-electron chi connectivity index (χ2n) is 7.21. The fraction of sp³-hybridized carbons (Fsp3) is 0.600. The largest absolute Gasteiger partial charge is 0.357 e. The molecule has 25 heavy (non-hydrogen) atoms. The molecular weight excluding hydrogens is 312 g/mol. The third-order valence-corrected chi connectivity index (χ3v) is 4.44. The Labute approximate surface area is 151 Å². The number of rotatable bonds is 5. The van der Waals surface area contributed by atoms with E-state index in [9.17, 15) is 4.79 Å². The van der Waals surface area contributed by atoms with Crippen LogP contribution in [0.15, 0.2) is 29.3 Å². The number of amides is 1. The van der Waals surface area contributed by atoms with Crippen LogP contribution in [0, 0.1) is 11.8 Å². The zero-order valence-corrected chi connectivity index (χ0v) is 16.0. The topological polar surface area (TPSA) is 56.7 Å². The lowest BCUT2D eigenvalue weighted by atomic mass is 9.92. The number of nitrogens with one attached hydrogen (secondary N) is 2. The minimum Gasteiger partial charge on any atom is -0.357 e. The highest BCUT2D eigenvalue weighted by Gasteiger charge is 2.23. The molecule has 1 amide bonds. The van der Waals surface area contributed by atoms with Crippen molar-refractivity contribution in [2.24, 2.45) is 16.8 Å². The van der Waals surface area contributed by atoms with Gasteiger partial charge in [0.25, 0.3) is 0 Å². The predicted molar refractivity (Wildman–Crippen MR) is 105 cm³/mol. The number of hydrogen-bond donors (Lipinski definition) is 2. The van der Waals surface area contributed by atoms with Crippen LogP contribution in [0.4, 0.5) is 5.69 Å². The molecule has 1 aliphatic heterocycles. The van der Waals surface area contributed by atoms with Crippen molar-refractivity contribution in [2.45, 2.75) is 40.5 Å². The molecule has 2 unspecified atom stereocenters. The van der Waals surface area contributed by atoms with Crippen LogP contribution in [-0.2, 0) is 11.2 Å². The van der Waals surface area contributed by atoms with E-state index in [1.54, 1.807) is 0 Å². The minimum atomic E-state index is -0.0439. The van der Waals surface area contributed by atoms with Crippen molar-refractivity contribution in [3.8, 4) is 0 Å². The first-order valence-electron chi connectivity index (χ1n) is 9.37. The highest BCUT2D eigenvalue weighted by Crippen LogP contribution is 2.21. The summed E-state index contributed by atoms with van der Waals surface area (Å²) < 4.78 is 0. The van der Waals surface area contributed by atoms with Crippen LogP contribution >= 0.6 is 0 Å². The molecule has 138 valence electrons. The summed E-state index contributed by atoms with van der Waals surface area (Å²) in [5, 5.41) is 6.23. The normalized spacial score (nSPS) is 21.1. The first-order valence-corrected chi connectivity index (χ1v) is 9.37. The second kappa shape index (κ2) is 9.44. The van der Waals surface area contributed by atoms with Crippen LogP contribution in [0.1, 0.15) is 39.7 Å². The van der Waals surface area contributed by atoms with Crippen LogP contribution < -0.4 is 10.6 Å². The standard InChI is InChI=1S/C20H32N4O/c1-5-21-20(24-13-15(2)12-16(3)14-24)22-11-10-18-6-8-19(9-7-18)23-17(4)25/h6-9,15-16H,5,10-14H2,1-4H3,(H,21,22)(H,23,25). The summed E-state index contributed by atoms with van der Waals surface area (Å²) in [4.78, 5) is 18.3. The van der Waals surface area contributed by atoms with E-state index in [0.29, 0.717) is 11.8 Å². The van der Waals surface area contributed by atoms with Crippen molar-refractivity contribution in [3.05, 3.63) is 29.8 Å². The van der Waals surface area contributed by atoms with Gasteiger partial charge in [-0.1, -0.05) is 26.0 Å². The summed E-state index contributed by atoms with van der Waals surface area (Å²) in [6.07, 6.45) is 2.20. The third-order valence-electron chi connectivity index (χ3n) is 4.44. The van der Waals surface area contributed by atoms with Gasteiger partial charge in [-0.25, -0.2) is 0 Å². The molecule has 1 heterocycles. The molecule has 2 rings (SSSR count). The van der Waals surface area contributed by atoms with E-state index in [1.165, 1.54) is 18.9 Å². The molecular formula is C20H32N4O. The van der Waals surface area contributed by atoms with Crippen LogP contribution in [0.5, 0.6) is 0 Å². The number of carbonyl (C=O) groups excluding carboxylic acids is 1. The third kappa shape index (κ3) is 6.40. The fourth-order valence-electron chi connectivity index (χ4n) is 3.51. The summed E-state index contributed by atoms with van der Waals surface area (Å²) in [5.74, 6) is 2.43. The van der Waals surface area contributed by atoms with E-state index >= 15 is 0 Å². The number of likely N-dealkylation sites (tertiary alicyclic amines) is 1. The van der Waals surface area contributed by atoms with Gasteiger partial charge < -0.3 is 15.5 Å². The Bertz CT molecular complexity index is 572. The number of piperidine rings is 1. The summed E-state index contributed by atoms with van der Waals surface area (Å²) in [5.41, 5.74) is 2.07. The Kier molecular flexibility index (Phi) is 7.29. The highest BCUT2D eigenvalue weighted by molar-refractivity contribution is 5.88. The molecule has 1 saturated heterocycles. The van der Waals surface area contributed by atoms with Crippen molar-refractivity contribution in [2.75, 3.05) is 31.5 Å². The van der Waals surface area contributed by atoms with E-state index in [4.69, 9.17) is 4.99 Å². The highest BCUT2D eigenvalue weighted by atomic mass is 16.1. The Hall–Kier alpha value is -2.04. The van der Waals surface area contributed by atoms with Gasteiger partial charge in [0.2, 0.25) is 5.91 Å². The van der Waals surface area contributed by atoms with Gasteiger partial charge in [0.15, 0.2) is 5.96 Å². The van der Waals surface area contributed by atoms with Crippen LogP contribution in [0.2, 0.25) is 0 Å². The van der Waals surface area contributed by atoms with Crippen molar-refractivity contribution < 1.29 is 4.79 Å². The molecule has 1 aliphatic rings. The monoisotopic (exact) mass is 344 g/mol. The fourth-order valence-corrected chi connectivity index (χ4v) is 3.51. The quantitative estimate of drug-likeness (QED) is 0.637. The van der Waals surface area contributed by atoms with Crippen molar-refractivity contribution in [1.82, 2.24) is 10.2 Å². The first kappa shape index (κ1) is 19.3. The Balaban J connectivity index is 1.93. The van der Waals surface area contributed by atoms with Crippen LogP contribution in [-0.4, -0.2) is 42.9 Å². The SMILES string of the molecule is CCNC(=NCCc1ccc(NC(C)=O)cc1)N1CC(C)CC(C)C1. The number of guanidine groups is 1. The molecule has 0 aromatic heterocycles. The van der Waals surface area contributed by atoms with Crippen molar-refractivity contribution >= 4 is 17.6 Å². The van der Waals surface area contributed by atoms with E-state index in [0.717, 1.165) is 44.2 Å². The molecule has 0 saturated carbocycles. The van der Waals surface area contributed by atoms with Gasteiger partial charge in [0, 0.05) is 38.8 Å². The molecule has 5 nitrogen and oxygen atoms in total. The lowest BCUT2D eigenvalue weighted by molar-refractivity contribution is -0.114. The van der Waals surface area contributed by atoms with Gasteiger partial charge in [-0.05, 0) is 49.3 Å². The Morgan fingerprint density at radius 2 is 1.84 bits per heavy atom. The number of benzene rings is 1. The van der Waals surface area contributed by atoms with Gasteiger partial charge in [0.1, 0.15) is 0 Å². The molecule has 0 spiro atoms. The molecule has 1 fully saturated rings. The second-order valence-corrected chi connectivity index (χ2v) is 7.21. The van der Waals surface area contributed by atoms with Gasteiger partial charge in [-0.2, -0.15) is 0 Å².